The Kier molecular flexibility index (Phi) is 4.05. The van der Waals surface area contributed by atoms with Crippen molar-refractivity contribution in [3.05, 3.63) is 17.5 Å². The van der Waals surface area contributed by atoms with Gasteiger partial charge in [0, 0.05) is 17.4 Å². The summed E-state index contributed by atoms with van der Waals surface area (Å²) in [4.78, 5) is 8.03. The first-order chi connectivity index (χ1) is 10.1. The molecular formula is C12H13F2N3O3S. The van der Waals surface area contributed by atoms with Gasteiger partial charge in [-0.3, -0.25) is 0 Å². The van der Waals surface area contributed by atoms with E-state index in [0.29, 0.717) is 24.4 Å². The van der Waals surface area contributed by atoms with Gasteiger partial charge in [0.05, 0.1) is 12.7 Å². The van der Waals surface area contributed by atoms with Gasteiger partial charge in [0.2, 0.25) is 6.29 Å². The smallest absolute Gasteiger partial charge is 0.280 e. The number of hydrogen-bond donors (Lipinski definition) is 1. The van der Waals surface area contributed by atoms with Crippen LogP contribution in [0, 0.1) is 6.92 Å². The quantitative estimate of drug-likeness (QED) is 0.523. The normalized spacial score (nSPS) is 30.3. The van der Waals surface area contributed by atoms with E-state index >= 15 is 0 Å². The van der Waals surface area contributed by atoms with Crippen LogP contribution in [0.15, 0.2) is 16.4 Å². The summed E-state index contributed by atoms with van der Waals surface area (Å²) in [6.07, 6.45) is -2.99. The molecule has 1 N–H and O–H groups in total. The molecule has 3 heterocycles. The molecule has 0 radical (unpaired) electrons. The molecule has 0 aliphatic carbocycles. The lowest BCUT2D eigenvalue weighted by atomic mass is 10.1. The van der Waals surface area contributed by atoms with Gasteiger partial charge in [-0.15, -0.1) is 0 Å². The van der Waals surface area contributed by atoms with Crippen LogP contribution in [-0.4, -0.2) is 45.1 Å². The molecule has 9 heteroatoms. The summed E-state index contributed by atoms with van der Waals surface area (Å²) in [5, 5.41) is 12.2. The lowest BCUT2D eigenvalue weighted by Crippen LogP contribution is -2.37. The third-order valence-electron chi connectivity index (χ3n) is 3.27. The Morgan fingerprint density at radius 3 is 3.00 bits per heavy atom. The number of rotatable bonds is 3. The van der Waals surface area contributed by atoms with Crippen LogP contribution in [0.2, 0.25) is 0 Å². The van der Waals surface area contributed by atoms with Crippen LogP contribution >= 0.6 is 11.8 Å². The number of halogens is 2. The number of thioether (sulfide) groups is 1. The maximum Gasteiger partial charge on any atom is 0.280 e. The van der Waals surface area contributed by atoms with E-state index in [-0.39, 0.29) is 22.2 Å². The molecule has 21 heavy (non-hydrogen) atoms. The summed E-state index contributed by atoms with van der Waals surface area (Å²) in [6.45, 7) is 2.01. The third kappa shape index (κ3) is 2.99. The molecule has 0 spiro atoms. The van der Waals surface area contributed by atoms with Crippen LogP contribution in [0.5, 0.6) is 0 Å². The maximum absolute atomic E-state index is 12.8. The number of hydrogen-bond acceptors (Lipinski definition) is 7. The van der Waals surface area contributed by atoms with Crippen LogP contribution in [0.4, 0.5) is 8.78 Å². The van der Waals surface area contributed by atoms with Gasteiger partial charge in [0.25, 0.3) is 6.43 Å². The molecule has 0 aromatic carbocycles. The number of nitrogens with zero attached hydrogens (tertiary/aromatic N) is 3. The molecule has 6 nitrogen and oxygen atoms in total. The molecule has 2 bridgehead atoms. The molecule has 0 amide bonds. The molecule has 2 fully saturated rings. The Morgan fingerprint density at radius 2 is 2.29 bits per heavy atom. The van der Waals surface area contributed by atoms with Crippen molar-refractivity contribution in [3.8, 4) is 0 Å². The molecule has 3 rings (SSSR count). The maximum atomic E-state index is 12.8. The summed E-state index contributed by atoms with van der Waals surface area (Å²) in [7, 11) is 0. The largest absolute Gasteiger partial charge is 0.411 e. The Morgan fingerprint density at radius 1 is 1.48 bits per heavy atom. The third-order valence-corrected chi connectivity index (χ3v) is 4.44. The van der Waals surface area contributed by atoms with E-state index in [1.165, 1.54) is 17.8 Å². The van der Waals surface area contributed by atoms with Crippen LogP contribution < -0.4 is 0 Å². The summed E-state index contributed by atoms with van der Waals surface area (Å²) >= 11 is 1.24. The highest BCUT2D eigenvalue weighted by molar-refractivity contribution is 7.99. The summed E-state index contributed by atoms with van der Waals surface area (Å²) in [6, 6.07) is 1.27. The molecule has 2 aliphatic rings. The van der Waals surface area contributed by atoms with Gasteiger partial charge in [-0.2, -0.15) is 0 Å². The molecule has 1 aromatic rings. The predicted molar refractivity (Wildman–Crippen MR) is 69.8 cm³/mol. The van der Waals surface area contributed by atoms with Crippen molar-refractivity contribution in [1.29, 1.82) is 0 Å². The molecule has 2 aliphatic heterocycles. The first kappa shape index (κ1) is 14.6. The van der Waals surface area contributed by atoms with E-state index in [0.717, 1.165) is 0 Å². The van der Waals surface area contributed by atoms with Crippen molar-refractivity contribution in [2.75, 3.05) is 6.61 Å². The van der Waals surface area contributed by atoms with Crippen molar-refractivity contribution in [2.24, 2.45) is 5.16 Å². The van der Waals surface area contributed by atoms with Gasteiger partial charge in [-0.1, -0.05) is 16.9 Å². The summed E-state index contributed by atoms with van der Waals surface area (Å²) in [5.41, 5.74) is 0.581. The molecule has 3 unspecified atom stereocenters. The zero-order chi connectivity index (χ0) is 15.0. The second kappa shape index (κ2) is 5.82. The fourth-order valence-corrected chi connectivity index (χ4v) is 3.47. The number of aryl methyl sites for hydroxylation is 1. The fourth-order valence-electron chi connectivity index (χ4n) is 2.29. The zero-order valence-electron chi connectivity index (χ0n) is 11.1. The Balaban J connectivity index is 1.80. The van der Waals surface area contributed by atoms with E-state index in [1.54, 1.807) is 6.92 Å². The SMILES string of the molecule is Cc1cc(C(F)F)nc(SC2C/C(=N/O)C3OCC2O3)n1. The number of fused-ring (bicyclic) bond motifs is 2. The molecule has 1 aromatic heterocycles. The fraction of sp³-hybridized carbons (Fsp3) is 0.583. The lowest BCUT2D eigenvalue weighted by molar-refractivity contribution is -0.0169. The minimum Gasteiger partial charge on any atom is -0.411 e. The van der Waals surface area contributed by atoms with Gasteiger partial charge in [-0.05, 0) is 13.0 Å². The molecular weight excluding hydrogens is 304 g/mol. The van der Waals surface area contributed by atoms with Crippen molar-refractivity contribution < 1.29 is 23.5 Å². The minimum atomic E-state index is -2.64. The minimum absolute atomic E-state index is 0.137. The van der Waals surface area contributed by atoms with Crippen molar-refractivity contribution in [1.82, 2.24) is 9.97 Å². The summed E-state index contributed by atoms with van der Waals surface area (Å²) in [5.74, 6) is 0. The first-order valence-corrected chi connectivity index (χ1v) is 7.23. The highest BCUT2D eigenvalue weighted by Crippen LogP contribution is 2.36. The van der Waals surface area contributed by atoms with Gasteiger partial charge < -0.3 is 14.7 Å². The Hall–Kier alpha value is -1.32. The van der Waals surface area contributed by atoms with Gasteiger partial charge in [-0.25, -0.2) is 18.7 Å². The standard InChI is InChI=1S/C12H13F2N3O3S/c1-5-2-6(10(13)14)16-12(15-5)21-9-3-7(17-18)11-19-4-8(9)20-11/h2,8-11,18H,3-4H2,1H3/b17-7-. The van der Waals surface area contributed by atoms with E-state index in [1.807, 2.05) is 0 Å². The average Bonchev–Trinajstić information content (AvgIpc) is 2.86. The highest BCUT2D eigenvalue weighted by Gasteiger charge is 2.43. The second-order valence-electron chi connectivity index (χ2n) is 4.81. The van der Waals surface area contributed by atoms with Gasteiger partial charge >= 0.3 is 0 Å². The highest BCUT2D eigenvalue weighted by atomic mass is 32.2. The van der Waals surface area contributed by atoms with Gasteiger partial charge in [0.15, 0.2) is 5.16 Å². The topological polar surface area (TPSA) is 76.8 Å². The number of oxime groups is 1. The lowest BCUT2D eigenvalue weighted by Gasteiger charge is -2.26. The van der Waals surface area contributed by atoms with E-state index < -0.39 is 12.7 Å². The van der Waals surface area contributed by atoms with Crippen LogP contribution in [-0.2, 0) is 9.47 Å². The van der Waals surface area contributed by atoms with Gasteiger partial charge in [0.1, 0.15) is 11.4 Å². The van der Waals surface area contributed by atoms with E-state index in [4.69, 9.17) is 14.7 Å². The van der Waals surface area contributed by atoms with Crippen molar-refractivity contribution >= 4 is 17.5 Å². The predicted octanol–water partition coefficient (Wildman–Crippen LogP) is 2.16. The van der Waals surface area contributed by atoms with Crippen LogP contribution in [0.25, 0.3) is 0 Å². The van der Waals surface area contributed by atoms with Crippen LogP contribution in [0.3, 0.4) is 0 Å². The number of alkyl halides is 2. The van der Waals surface area contributed by atoms with E-state index in [2.05, 4.69) is 15.1 Å². The van der Waals surface area contributed by atoms with E-state index in [9.17, 15) is 8.78 Å². The first-order valence-electron chi connectivity index (χ1n) is 6.35. The second-order valence-corrected chi connectivity index (χ2v) is 6.02. The average molecular weight is 317 g/mol. The van der Waals surface area contributed by atoms with Crippen LogP contribution in [0.1, 0.15) is 24.2 Å². The Bertz CT molecular complexity index is 573. The number of aromatic nitrogens is 2. The molecule has 114 valence electrons. The van der Waals surface area contributed by atoms with Crippen molar-refractivity contribution in [3.63, 3.8) is 0 Å². The number of ether oxygens (including phenoxy) is 2. The zero-order valence-corrected chi connectivity index (χ0v) is 11.9. The molecule has 0 saturated carbocycles. The summed E-state index contributed by atoms with van der Waals surface area (Å²) < 4.78 is 36.5. The monoisotopic (exact) mass is 317 g/mol. The van der Waals surface area contributed by atoms with Crippen molar-refractivity contribution in [2.45, 2.75) is 42.6 Å². The Labute approximate surface area is 123 Å². The molecule has 2 saturated heterocycles. The molecule has 3 atom stereocenters.